The summed E-state index contributed by atoms with van der Waals surface area (Å²) in [5.74, 6) is 0.980. The SMILES string of the molecule is CCNC1CCc2c(OCCC(=O)NC(C)C)cccc21. The third kappa shape index (κ3) is 4.21. The van der Waals surface area contributed by atoms with Crippen molar-refractivity contribution in [1.82, 2.24) is 10.6 Å². The molecule has 1 amide bonds. The second-order valence-corrected chi connectivity index (χ2v) is 5.79. The minimum absolute atomic E-state index is 0.0445. The summed E-state index contributed by atoms with van der Waals surface area (Å²) in [5, 5.41) is 6.38. The number of ether oxygens (including phenoxy) is 1. The highest BCUT2D eigenvalue weighted by Gasteiger charge is 2.24. The van der Waals surface area contributed by atoms with Crippen molar-refractivity contribution in [3.8, 4) is 5.75 Å². The van der Waals surface area contributed by atoms with Gasteiger partial charge in [0.05, 0.1) is 13.0 Å². The number of carbonyl (C=O) groups excluding carboxylic acids is 1. The van der Waals surface area contributed by atoms with Crippen LogP contribution in [-0.4, -0.2) is 25.1 Å². The van der Waals surface area contributed by atoms with Crippen LogP contribution in [0.5, 0.6) is 5.75 Å². The van der Waals surface area contributed by atoms with Crippen LogP contribution in [0.25, 0.3) is 0 Å². The molecule has 116 valence electrons. The van der Waals surface area contributed by atoms with Gasteiger partial charge in [0.2, 0.25) is 5.91 Å². The van der Waals surface area contributed by atoms with Gasteiger partial charge in [-0.2, -0.15) is 0 Å². The van der Waals surface area contributed by atoms with Crippen LogP contribution >= 0.6 is 0 Å². The van der Waals surface area contributed by atoms with Crippen LogP contribution < -0.4 is 15.4 Å². The molecule has 1 aromatic rings. The monoisotopic (exact) mass is 290 g/mol. The van der Waals surface area contributed by atoms with E-state index in [1.54, 1.807) is 0 Å². The molecule has 1 unspecified atom stereocenters. The van der Waals surface area contributed by atoms with Crippen molar-refractivity contribution in [1.29, 1.82) is 0 Å². The topological polar surface area (TPSA) is 50.4 Å². The molecule has 0 aliphatic heterocycles. The van der Waals surface area contributed by atoms with Crippen molar-refractivity contribution in [3.05, 3.63) is 29.3 Å². The van der Waals surface area contributed by atoms with Gasteiger partial charge in [0.1, 0.15) is 5.75 Å². The lowest BCUT2D eigenvalue weighted by molar-refractivity contribution is -0.122. The second-order valence-electron chi connectivity index (χ2n) is 5.79. The molecule has 2 rings (SSSR count). The zero-order valence-electron chi connectivity index (χ0n) is 13.2. The molecule has 0 aromatic heterocycles. The fraction of sp³-hybridized carbons (Fsp3) is 0.588. The maximum atomic E-state index is 11.6. The van der Waals surface area contributed by atoms with Crippen LogP contribution in [0.15, 0.2) is 18.2 Å². The van der Waals surface area contributed by atoms with E-state index in [1.807, 2.05) is 26.0 Å². The molecule has 4 nitrogen and oxygen atoms in total. The number of nitrogens with one attached hydrogen (secondary N) is 2. The van der Waals surface area contributed by atoms with Crippen LogP contribution in [0.3, 0.4) is 0 Å². The largest absolute Gasteiger partial charge is 0.493 e. The molecule has 0 bridgehead atoms. The van der Waals surface area contributed by atoms with E-state index in [0.29, 0.717) is 19.1 Å². The average molecular weight is 290 g/mol. The van der Waals surface area contributed by atoms with Crippen molar-refractivity contribution in [2.24, 2.45) is 0 Å². The Bertz CT molecular complexity index is 486. The van der Waals surface area contributed by atoms with Crippen molar-refractivity contribution in [2.45, 2.75) is 52.1 Å². The van der Waals surface area contributed by atoms with Crippen molar-refractivity contribution >= 4 is 5.91 Å². The summed E-state index contributed by atoms with van der Waals surface area (Å²) in [6, 6.07) is 6.84. The fourth-order valence-electron chi connectivity index (χ4n) is 2.86. The highest BCUT2D eigenvalue weighted by molar-refractivity contribution is 5.76. The van der Waals surface area contributed by atoms with Crippen LogP contribution in [0.1, 0.15) is 50.8 Å². The smallest absolute Gasteiger partial charge is 0.223 e. The first-order valence-electron chi connectivity index (χ1n) is 7.89. The van der Waals surface area contributed by atoms with Gasteiger partial charge in [-0.15, -0.1) is 0 Å². The third-order valence-electron chi connectivity index (χ3n) is 3.71. The molecule has 0 spiro atoms. The Balaban J connectivity index is 1.92. The van der Waals surface area contributed by atoms with Crippen LogP contribution in [0.2, 0.25) is 0 Å². The van der Waals surface area contributed by atoms with Gasteiger partial charge >= 0.3 is 0 Å². The third-order valence-corrected chi connectivity index (χ3v) is 3.71. The summed E-state index contributed by atoms with van der Waals surface area (Å²) >= 11 is 0. The molecule has 2 N–H and O–H groups in total. The molecule has 1 aliphatic rings. The molecule has 1 aromatic carbocycles. The number of amides is 1. The Hall–Kier alpha value is -1.55. The van der Waals surface area contributed by atoms with Gasteiger partial charge in [-0.1, -0.05) is 19.1 Å². The summed E-state index contributed by atoms with van der Waals surface area (Å²) in [5.41, 5.74) is 2.65. The van der Waals surface area contributed by atoms with Crippen molar-refractivity contribution in [2.75, 3.05) is 13.2 Å². The molecule has 4 heteroatoms. The molecule has 0 fully saturated rings. The minimum Gasteiger partial charge on any atom is -0.493 e. The van der Waals surface area contributed by atoms with E-state index in [1.165, 1.54) is 11.1 Å². The van der Waals surface area contributed by atoms with Gasteiger partial charge in [0.15, 0.2) is 0 Å². The van der Waals surface area contributed by atoms with E-state index in [2.05, 4.69) is 23.6 Å². The van der Waals surface area contributed by atoms with E-state index >= 15 is 0 Å². The summed E-state index contributed by atoms with van der Waals surface area (Å²) in [6.07, 6.45) is 2.57. The zero-order chi connectivity index (χ0) is 15.2. The Morgan fingerprint density at radius 2 is 2.24 bits per heavy atom. The molecule has 0 saturated carbocycles. The number of hydrogen-bond donors (Lipinski definition) is 2. The molecule has 0 heterocycles. The molecule has 0 saturated heterocycles. The summed E-state index contributed by atoms with van der Waals surface area (Å²) in [4.78, 5) is 11.6. The minimum atomic E-state index is 0.0445. The van der Waals surface area contributed by atoms with Gasteiger partial charge in [-0.25, -0.2) is 0 Å². The number of carbonyl (C=O) groups is 1. The zero-order valence-corrected chi connectivity index (χ0v) is 13.2. The highest BCUT2D eigenvalue weighted by atomic mass is 16.5. The number of hydrogen-bond acceptors (Lipinski definition) is 3. The van der Waals surface area contributed by atoms with Crippen LogP contribution in [0, 0.1) is 0 Å². The number of rotatable bonds is 7. The van der Waals surface area contributed by atoms with E-state index in [0.717, 1.165) is 25.1 Å². The molecule has 1 atom stereocenters. The molecule has 0 radical (unpaired) electrons. The second kappa shape index (κ2) is 7.46. The van der Waals surface area contributed by atoms with Gasteiger partial charge in [0, 0.05) is 12.1 Å². The Kier molecular flexibility index (Phi) is 5.62. The van der Waals surface area contributed by atoms with Gasteiger partial charge in [-0.3, -0.25) is 4.79 Å². The molecular formula is C17H26N2O2. The Labute approximate surface area is 127 Å². The lowest BCUT2D eigenvalue weighted by atomic mass is 10.1. The van der Waals surface area contributed by atoms with Gasteiger partial charge in [-0.05, 0) is 50.4 Å². The first kappa shape index (κ1) is 15.8. The van der Waals surface area contributed by atoms with E-state index in [9.17, 15) is 4.79 Å². The van der Waals surface area contributed by atoms with Gasteiger partial charge in [0.25, 0.3) is 0 Å². The maximum Gasteiger partial charge on any atom is 0.223 e. The maximum absolute atomic E-state index is 11.6. The molecular weight excluding hydrogens is 264 g/mol. The first-order valence-corrected chi connectivity index (χ1v) is 7.89. The normalized spacial score (nSPS) is 16.9. The highest BCUT2D eigenvalue weighted by Crippen LogP contribution is 2.36. The van der Waals surface area contributed by atoms with E-state index in [4.69, 9.17) is 4.74 Å². The molecule has 1 aliphatic carbocycles. The van der Waals surface area contributed by atoms with Crippen LogP contribution in [-0.2, 0) is 11.2 Å². The van der Waals surface area contributed by atoms with Crippen LogP contribution in [0.4, 0.5) is 0 Å². The average Bonchev–Trinajstić information content (AvgIpc) is 2.83. The van der Waals surface area contributed by atoms with Crippen molar-refractivity contribution < 1.29 is 9.53 Å². The van der Waals surface area contributed by atoms with Crippen molar-refractivity contribution in [3.63, 3.8) is 0 Å². The lowest BCUT2D eigenvalue weighted by Crippen LogP contribution is -2.31. The van der Waals surface area contributed by atoms with E-state index < -0.39 is 0 Å². The standard InChI is InChI=1S/C17H26N2O2/c1-4-18-15-9-8-14-13(15)6-5-7-16(14)21-11-10-17(20)19-12(2)3/h5-7,12,15,18H,4,8-11H2,1-3H3,(H,19,20). The fourth-order valence-corrected chi connectivity index (χ4v) is 2.86. The molecule has 21 heavy (non-hydrogen) atoms. The first-order chi connectivity index (χ1) is 10.1. The van der Waals surface area contributed by atoms with E-state index in [-0.39, 0.29) is 11.9 Å². The Morgan fingerprint density at radius 1 is 1.43 bits per heavy atom. The number of fused-ring (bicyclic) bond motifs is 1. The summed E-state index contributed by atoms with van der Waals surface area (Å²) in [7, 11) is 0. The summed E-state index contributed by atoms with van der Waals surface area (Å²) < 4.78 is 5.84. The van der Waals surface area contributed by atoms with Gasteiger partial charge < -0.3 is 15.4 Å². The quantitative estimate of drug-likeness (QED) is 0.811. The number of benzene rings is 1. The summed E-state index contributed by atoms with van der Waals surface area (Å²) in [6.45, 7) is 7.46. The lowest BCUT2D eigenvalue weighted by Gasteiger charge is -2.14. The predicted molar refractivity (Wildman–Crippen MR) is 84.6 cm³/mol. The predicted octanol–water partition coefficient (Wildman–Crippen LogP) is 2.58. The Morgan fingerprint density at radius 3 is 2.95 bits per heavy atom.